The lowest BCUT2D eigenvalue weighted by Crippen LogP contribution is -2.11. The van der Waals surface area contributed by atoms with Gasteiger partial charge >= 0.3 is 0 Å². The van der Waals surface area contributed by atoms with Crippen molar-refractivity contribution in [1.82, 2.24) is 4.98 Å². The third kappa shape index (κ3) is 4.33. The first kappa shape index (κ1) is 20.9. The number of halogens is 2. The van der Waals surface area contributed by atoms with E-state index in [2.05, 4.69) is 48.8 Å². The van der Waals surface area contributed by atoms with Gasteiger partial charge in [0.15, 0.2) is 5.58 Å². The van der Waals surface area contributed by atoms with Gasteiger partial charge in [-0.05, 0) is 98.2 Å². The zero-order chi connectivity index (χ0) is 22.1. The fourth-order valence-electron chi connectivity index (χ4n) is 3.43. The van der Waals surface area contributed by atoms with E-state index in [1.165, 1.54) is 0 Å². The maximum absolute atomic E-state index is 12.7. The molecule has 5 rings (SSSR count). The summed E-state index contributed by atoms with van der Waals surface area (Å²) in [5.41, 5.74) is 5.67. The molecular weight excluding hydrogens is 579 g/mol. The molecule has 0 fully saturated rings. The number of oxazole rings is 1. The molecule has 0 spiro atoms. The number of carbonyl (C=O) groups is 1. The highest BCUT2D eigenvalue weighted by molar-refractivity contribution is 14.1. The van der Waals surface area contributed by atoms with Gasteiger partial charge in [-0.2, -0.15) is 0 Å². The van der Waals surface area contributed by atoms with Gasteiger partial charge in [-0.15, -0.1) is 0 Å². The van der Waals surface area contributed by atoms with Crippen molar-refractivity contribution in [3.63, 3.8) is 0 Å². The number of aromatic nitrogens is 1. The van der Waals surface area contributed by atoms with Crippen LogP contribution in [0.25, 0.3) is 33.7 Å². The minimum absolute atomic E-state index is 0.173. The molecule has 0 bridgehead atoms. The number of hydrogen-bond acceptors (Lipinski definition) is 3. The summed E-state index contributed by atoms with van der Waals surface area (Å²) in [6, 6.07) is 29.1. The van der Waals surface area contributed by atoms with Crippen LogP contribution < -0.4 is 5.32 Å². The van der Waals surface area contributed by atoms with E-state index in [0.29, 0.717) is 28.2 Å². The normalized spacial score (nSPS) is 10.9. The minimum atomic E-state index is -0.173. The van der Waals surface area contributed by atoms with Crippen molar-refractivity contribution in [2.45, 2.75) is 0 Å². The topological polar surface area (TPSA) is 55.1 Å². The lowest BCUT2D eigenvalue weighted by Gasteiger charge is -2.06. The second-order valence-electron chi connectivity index (χ2n) is 7.22. The summed E-state index contributed by atoms with van der Waals surface area (Å²) in [5, 5.41) is 2.95. The van der Waals surface area contributed by atoms with Crippen LogP contribution in [0.4, 0.5) is 5.69 Å². The Morgan fingerprint density at radius 2 is 1.62 bits per heavy atom. The molecule has 0 aliphatic rings. The largest absolute Gasteiger partial charge is 0.436 e. The molecule has 0 aliphatic heterocycles. The van der Waals surface area contributed by atoms with Crippen molar-refractivity contribution < 1.29 is 9.21 Å². The zero-order valence-electron chi connectivity index (χ0n) is 16.7. The van der Waals surface area contributed by atoms with Crippen LogP contribution in [-0.2, 0) is 0 Å². The van der Waals surface area contributed by atoms with Crippen molar-refractivity contribution in [2.75, 3.05) is 5.32 Å². The van der Waals surface area contributed by atoms with Gasteiger partial charge in [0.05, 0.1) is 5.56 Å². The fourth-order valence-corrected chi connectivity index (χ4v) is 4.34. The third-order valence-corrected chi connectivity index (χ3v) is 6.42. The van der Waals surface area contributed by atoms with Crippen LogP contribution in [0.3, 0.4) is 0 Å². The summed E-state index contributed by atoms with van der Waals surface area (Å²) >= 11 is 5.82. The molecule has 1 N–H and O–H groups in total. The second-order valence-corrected chi connectivity index (χ2v) is 9.32. The number of nitrogens with one attached hydrogen (secondary N) is 1. The quantitative estimate of drug-likeness (QED) is 0.216. The Kier molecular flexibility index (Phi) is 5.80. The molecule has 4 aromatic carbocycles. The van der Waals surface area contributed by atoms with E-state index in [0.717, 1.165) is 24.7 Å². The SMILES string of the molecule is O=C(Nc1ccc2oc(-c3cc(I)ccc3Br)nc2c1)c1ccc(-c2ccccc2)cc1. The number of benzene rings is 4. The Balaban J connectivity index is 1.37. The molecule has 5 aromatic rings. The van der Waals surface area contributed by atoms with E-state index < -0.39 is 0 Å². The monoisotopic (exact) mass is 594 g/mol. The number of amides is 1. The van der Waals surface area contributed by atoms with Crippen LogP contribution in [0, 0.1) is 3.57 Å². The standard InChI is InChI=1S/C26H16BrIN2O2/c27-22-12-10-19(28)14-21(22)26-30-23-15-20(11-13-24(23)32-26)29-25(31)18-8-6-17(7-9-18)16-4-2-1-3-5-16/h1-15H,(H,29,31). The molecule has 32 heavy (non-hydrogen) atoms. The van der Waals surface area contributed by atoms with E-state index >= 15 is 0 Å². The molecule has 156 valence electrons. The maximum atomic E-state index is 12.7. The number of rotatable bonds is 4. The van der Waals surface area contributed by atoms with Crippen LogP contribution in [0.2, 0.25) is 0 Å². The summed E-state index contributed by atoms with van der Waals surface area (Å²) in [6.07, 6.45) is 0. The van der Waals surface area contributed by atoms with Crippen LogP contribution in [-0.4, -0.2) is 10.9 Å². The molecule has 0 saturated heterocycles. The average Bonchev–Trinajstić information content (AvgIpc) is 3.24. The van der Waals surface area contributed by atoms with E-state index in [9.17, 15) is 4.79 Å². The number of anilines is 1. The molecule has 1 amide bonds. The van der Waals surface area contributed by atoms with E-state index in [4.69, 9.17) is 4.42 Å². The van der Waals surface area contributed by atoms with Gasteiger partial charge in [-0.25, -0.2) is 4.98 Å². The highest BCUT2D eigenvalue weighted by Gasteiger charge is 2.13. The maximum Gasteiger partial charge on any atom is 0.255 e. The second kappa shape index (κ2) is 8.88. The predicted octanol–water partition coefficient (Wildman–Crippen LogP) is 7.78. The summed E-state index contributed by atoms with van der Waals surface area (Å²) < 4.78 is 7.94. The Bertz CT molecular complexity index is 1430. The van der Waals surface area contributed by atoms with Crippen molar-refractivity contribution >= 4 is 61.2 Å². The summed E-state index contributed by atoms with van der Waals surface area (Å²) in [7, 11) is 0. The summed E-state index contributed by atoms with van der Waals surface area (Å²) in [4.78, 5) is 17.4. The molecule has 1 aromatic heterocycles. The fraction of sp³-hybridized carbons (Fsp3) is 0. The number of fused-ring (bicyclic) bond motifs is 1. The van der Waals surface area contributed by atoms with Crippen molar-refractivity contribution in [2.24, 2.45) is 0 Å². The van der Waals surface area contributed by atoms with E-state index in [1.807, 2.05) is 91.0 Å². The molecule has 6 heteroatoms. The van der Waals surface area contributed by atoms with Crippen molar-refractivity contribution in [3.05, 3.63) is 105 Å². The highest BCUT2D eigenvalue weighted by atomic mass is 127. The molecular formula is C26H16BrIN2O2. The number of hydrogen-bond donors (Lipinski definition) is 1. The molecule has 1 heterocycles. The van der Waals surface area contributed by atoms with Crippen molar-refractivity contribution in [1.29, 1.82) is 0 Å². The predicted molar refractivity (Wildman–Crippen MR) is 140 cm³/mol. The van der Waals surface area contributed by atoms with E-state index in [-0.39, 0.29) is 5.91 Å². The number of carbonyl (C=O) groups excluding carboxylic acids is 1. The molecule has 0 unspecified atom stereocenters. The Hall–Kier alpha value is -2.97. The lowest BCUT2D eigenvalue weighted by atomic mass is 10.0. The summed E-state index contributed by atoms with van der Waals surface area (Å²) in [6.45, 7) is 0. The van der Waals surface area contributed by atoms with Crippen LogP contribution in [0.5, 0.6) is 0 Å². The lowest BCUT2D eigenvalue weighted by molar-refractivity contribution is 0.102. The van der Waals surface area contributed by atoms with Gasteiger partial charge in [-0.3, -0.25) is 4.79 Å². The molecule has 0 atom stereocenters. The first-order valence-electron chi connectivity index (χ1n) is 9.90. The van der Waals surface area contributed by atoms with Gasteiger partial charge in [-0.1, -0.05) is 42.5 Å². The highest BCUT2D eigenvalue weighted by Crippen LogP contribution is 2.32. The summed E-state index contributed by atoms with van der Waals surface area (Å²) in [5.74, 6) is 0.360. The molecule has 0 radical (unpaired) electrons. The molecule has 0 aliphatic carbocycles. The van der Waals surface area contributed by atoms with Crippen LogP contribution in [0.1, 0.15) is 10.4 Å². The van der Waals surface area contributed by atoms with Gasteiger partial charge in [0, 0.05) is 19.3 Å². The van der Waals surface area contributed by atoms with Crippen LogP contribution >= 0.6 is 38.5 Å². The Morgan fingerprint density at radius 1 is 0.875 bits per heavy atom. The first-order chi connectivity index (χ1) is 15.6. The third-order valence-electron chi connectivity index (χ3n) is 5.06. The van der Waals surface area contributed by atoms with Crippen molar-refractivity contribution in [3.8, 4) is 22.6 Å². The zero-order valence-corrected chi connectivity index (χ0v) is 20.4. The minimum Gasteiger partial charge on any atom is -0.436 e. The Morgan fingerprint density at radius 3 is 2.41 bits per heavy atom. The molecule has 4 nitrogen and oxygen atoms in total. The van der Waals surface area contributed by atoms with Gasteiger partial charge in [0.25, 0.3) is 5.91 Å². The van der Waals surface area contributed by atoms with Crippen LogP contribution in [0.15, 0.2) is 99.9 Å². The molecule has 0 saturated carbocycles. The van der Waals surface area contributed by atoms with E-state index in [1.54, 1.807) is 0 Å². The van der Waals surface area contributed by atoms with Gasteiger partial charge in [0.1, 0.15) is 5.52 Å². The average molecular weight is 595 g/mol. The Labute approximate surface area is 207 Å². The smallest absolute Gasteiger partial charge is 0.255 e. The number of nitrogens with zero attached hydrogens (tertiary/aromatic N) is 1. The first-order valence-corrected chi connectivity index (χ1v) is 11.8. The van der Waals surface area contributed by atoms with Gasteiger partial charge in [0.2, 0.25) is 5.89 Å². The van der Waals surface area contributed by atoms with Gasteiger partial charge < -0.3 is 9.73 Å².